The molecule has 2 N–H and O–H groups in total. The van der Waals surface area contributed by atoms with Gasteiger partial charge in [0.1, 0.15) is 0 Å². The average Bonchev–Trinajstić information content (AvgIpc) is 2.30. The van der Waals surface area contributed by atoms with Gasteiger partial charge in [0.25, 0.3) is 0 Å². The number of nitrogens with one attached hydrogen (secondary N) is 2. The van der Waals surface area contributed by atoms with Gasteiger partial charge in [0.15, 0.2) is 0 Å². The first-order chi connectivity index (χ1) is 7.75. The smallest absolute Gasteiger partial charge is 0.223 e. The summed E-state index contributed by atoms with van der Waals surface area (Å²) in [5.74, 6) is 0.485. The quantitative estimate of drug-likeness (QED) is 0.697. The van der Waals surface area contributed by atoms with E-state index in [-0.39, 0.29) is 11.8 Å². The zero-order valence-corrected chi connectivity index (χ0v) is 10.0. The summed E-state index contributed by atoms with van der Waals surface area (Å²) in [6.07, 6.45) is 9.44. The number of amides is 1. The lowest BCUT2D eigenvalue weighted by molar-refractivity contribution is -0.126. The van der Waals surface area contributed by atoms with Crippen LogP contribution in [-0.4, -0.2) is 24.5 Å². The summed E-state index contributed by atoms with van der Waals surface area (Å²) in [5, 5.41) is 6.61. The van der Waals surface area contributed by atoms with Crippen LogP contribution in [0.2, 0.25) is 0 Å². The second-order valence-electron chi connectivity index (χ2n) is 5.07. The molecule has 3 unspecified atom stereocenters. The molecule has 0 bridgehead atoms. The molecule has 0 aromatic heterocycles. The van der Waals surface area contributed by atoms with E-state index in [0.717, 1.165) is 38.6 Å². The monoisotopic (exact) mass is 222 g/mol. The molecule has 2 rings (SSSR count). The Morgan fingerprint density at radius 3 is 2.94 bits per heavy atom. The van der Waals surface area contributed by atoms with Crippen LogP contribution in [0.25, 0.3) is 0 Å². The van der Waals surface area contributed by atoms with E-state index in [4.69, 9.17) is 0 Å². The molecule has 0 aromatic carbocycles. The Labute approximate surface area is 97.7 Å². The minimum absolute atomic E-state index is 0.218. The molecule has 0 aromatic rings. The Balaban J connectivity index is 1.79. The van der Waals surface area contributed by atoms with Crippen LogP contribution in [0, 0.1) is 5.92 Å². The van der Waals surface area contributed by atoms with Gasteiger partial charge in [-0.25, -0.2) is 0 Å². The fourth-order valence-electron chi connectivity index (χ4n) is 2.61. The van der Waals surface area contributed by atoms with Crippen LogP contribution in [0.1, 0.15) is 39.0 Å². The van der Waals surface area contributed by atoms with Crippen molar-refractivity contribution in [1.29, 1.82) is 0 Å². The third kappa shape index (κ3) is 3.08. The van der Waals surface area contributed by atoms with Crippen molar-refractivity contribution in [2.45, 2.75) is 51.1 Å². The molecule has 3 heteroatoms. The van der Waals surface area contributed by atoms with Gasteiger partial charge in [0.05, 0.1) is 0 Å². The van der Waals surface area contributed by atoms with Crippen molar-refractivity contribution < 1.29 is 4.79 Å². The number of hydrogen-bond acceptors (Lipinski definition) is 2. The minimum Gasteiger partial charge on any atom is -0.353 e. The summed E-state index contributed by atoms with van der Waals surface area (Å²) in [7, 11) is 0. The second kappa shape index (κ2) is 5.48. The normalized spacial score (nSPS) is 34.7. The van der Waals surface area contributed by atoms with Crippen LogP contribution in [-0.2, 0) is 4.79 Å². The molecule has 1 aliphatic carbocycles. The fourth-order valence-corrected chi connectivity index (χ4v) is 2.61. The Morgan fingerprint density at radius 1 is 1.38 bits per heavy atom. The number of hydrogen-bond donors (Lipinski definition) is 2. The summed E-state index contributed by atoms with van der Waals surface area (Å²) in [5.41, 5.74) is 0. The first kappa shape index (κ1) is 11.6. The highest BCUT2D eigenvalue weighted by molar-refractivity contribution is 5.79. The van der Waals surface area contributed by atoms with Gasteiger partial charge in [-0.3, -0.25) is 4.79 Å². The molecule has 0 saturated carbocycles. The number of rotatable bonds is 2. The topological polar surface area (TPSA) is 41.1 Å². The molecule has 2 aliphatic rings. The van der Waals surface area contributed by atoms with Crippen molar-refractivity contribution in [3.05, 3.63) is 12.2 Å². The molecule has 0 radical (unpaired) electrons. The standard InChI is InChI=1S/C13H22N2O/c1-10-9-12(7-8-14-10)15-13(16)11-5-3-2-4-6-11/h2-3,10-12,14H,4-9H2,1H3,(H,15,16). The predicted octanol–water partition coefficient (Wildman–Crippen LogP) is 1.60. The molecule has 1 amide bonds. The summed E-state index contributed by atoms with van der Waals surface area (Å²) in [6.45, 7) is 3.21. The van der Waals surface area contributed by atoms with Gasteiger partial charge in [0.2, 0.25) is 5.91 Å². The Bertz CT molecular complexity index is 275. The zero-order chi connectivity index (χ0) is 11.4. The van der Waals surface area contributed by atoms with E-state index in [1.807, 2.05) is 0 Å². The van der Waals surface area contributed by atoms with Crippen molar-refractivity contribution in [2.75, 3.05) is 6.54 Å². The zero-order valence-electron chi connectivity index (χ0n) is 10.0. The maximum Gasteiger partial charge on any atom is 0.223 e. The van der Waals surface area contributed by atoms with Crippen molar-refractivity contribution in [3.63, 3.8) is 0 Å². The van der Waals surface area contributed by atoms with Crippen molar-refractivity contribution in [3.8, 4) is 0 Å². The maximum atomic E-state index is 12.0. The van der Waals surface area contributed by atoms with E-state index < -0.39 is 0 Å². The maximum absolute atomic E-state index is 12.0. The SMILES string of the molecule is CC1CC(NC(=O)C2CC=CCC2)CCN1. The van der Waals surface area contributed by atoms with Gasteiger partial charge in [-0.2, -0.15) is 0 Å². The number of carbonyl (C=O) groups excluding carboxylic acids is 1. The highest BCUT2D eigenvalue weighted by Crippen LogP contribution is 2.19. The Hall–Kier alpha value is -0.830. The first-order valence-electron chi connectivity index (χ1n) is 6.44. The van der Waals surface area contributed by atoms with Crippen LogP contribution in [0.5, 0.6) is 0 Å². The molecule has 90 valence electrons. The van der Waals surface area contributed by atoms with Gasteiger partial charge in [-0.05, 0) is 45.6 Å². The predicted molar refractivity (Wildman–Crippen MR) is 65.1 cm³/mol. The summed E-state index contributed by atoms with van der Waals surface area (Å²) in [4.78, 5) is 12.0. The van der Waals surface area contributed by atoms with Gasteiger partial charge in [-0.15, -0.1) is 0 Å². The summed E-state index contributed by atoms with van der Waals surface area (Å²) >= 11 is 0. The van der Waals surface area contributed by atoms with E-state index >= 15 is 0 Å². The van der Waals surface area contributed by atoms with Crippen molar-refractivity contribution in [2.24, 2.45) is 5.92 Å². The minimum atomic E-state index is 0.218. The third-order valence-corrected chi connectivity index (χ3v) is 3.61. The van der Waals surface area contributed by atoms with Crippen LogP contribution in [0.4, 0.5) is 0 Å². The van der Waals surface area contributed by atoms with Crippen molar-refractivity contribution in [1.82, 2.24) is 10.6 Å². The first-order valence-corrected chi connectivity index (χ1v) is 6.44. The van der Waals surface area contributed by atoms with E-state index in [1.54, 1.807) is 0 Å². The highest BCUT2D eigenvalue weighted by atomic mass is 16.1. The molecule has 1 heterocycles. The van der Waals surface area contributed by atoms with E-state index in [9.17, 15) is 4.79 Å². The molecule has 0 spiro atoms. The summed E-state index contributed by atoms with van der Waals surface area (Å²) < 4.78 is 0. The van der Waals surface area contributed by atoms with Gasteiger partial charge in [-0.1, -0.05) is 12.2 Å². The molecule has 16 heavy (non-hydrogen) atoms. The van der Waals surface area contributed by atoms with E-state index in [0.29, 0.717) is 12.1 Å². The number of allylic oxidation sites excluding steroid dienone is 2. The second-order valence-corrected chi connectivity index (χ2v) is 5.07. The highest BCUT2D eigenvalue weighted by Gasteiger charge is 2.24. The van der Waals surface area contributed by atoms with Gasteiger partial charge >= 0.3 is 0 Å². The molecule has 1 fully saturated rings. The number of piperidine rings is 1. The van der Waals surface area contributed by atoms with E-state index in [1.165, 1.54) is 0 Å². The molecular weight excluding hydrogens is 200 g/mol. The summed E-state index contributed by atoms with van der Waals surface area (Å²) in [6, 6.07) is 0.917. The fraction of sp³-hybridized carbons (Fsp3) is 0.769. The molecule has 3 nitrogen and oxygen atoms in total. The molecular formula is C13H22N2O. The van der Waals surface area contributed by atoms with Crippen LogP contribution in [0.15, 0.2) is 12.2 Å². The Kier molecular flexibility index (Phi) is 3.99. The van der Waals surface area contributed by atoms with Crippen LogP contribution in [0.3, 0.4) is 0 Å². The Morgan fingerprint density at radius 2 is 2.25 bits per heavy atom. The lowest BCUT2D eigenvalue weighted by atomic mass is 9.92. The lowest BCUT2D eigenvalue weighted by Crippen LogP contribution is -2.48. The molecule has 3 atom stereocenters. The van der Waals surface area contributed by atoms with Gasteiger partial charge < -0.3 is 10.6 Å². The van der Waals surface area contributed by atoms with Gasteiger partial charge in [0, 0.05) is 18.0 Å². The average molecular weight is 222 g/mol. The third-order valence-electron chi connectivity index (χ3n) is 3.61. The van der Waals surface area contributed by atoms with Crippen LogP contribution < -0.4 is 10.6 Å². The molecule has 1 aliphatic heterocycles. The lowest BCUT2D eigenvalue weighted by Gasteiger charge is -2.30. The number of carbonyl (C=O) groups is 1. The van der Waals surface area contributed by atoms with E-state index in [2.05, 4.69) is 29.7 Å². The van der Waals surface area contributed by atoms with Crippen molar-refractivity contribution >= 4 is 5.91 Å². The largest absolute Gasteiger partial charge is 0.353 e. The van der Waals surface area contributed by atoms with Crippen LogP contribution >= 0.6 is 0 Å². The molecule has 1 saturated heterocycles.